The van der Waals surface area contributed by atoms with Crippen LogP contribution in [0.3, 0.4) is 0 Å². The van der Waals surface area contributed by atoms with Crippen molar-refractivity contribution in [3.8, 4) is 11.5 Å². The Morgan fingerprint density at radius 1 is 1.20 bits per heavy atom. The molecule has 0 aliphatic carbocycles. The lowest BCUT2D eigenvalue weighted by molar-refractivity contribution is -0.379. The number of nitrogens with zero attached hydrogens (tertiary/aromatic N) is 1. The summed E-state index contributed by atoms with van der Waals surface area (Å²) in [6.45, 7) is 0.998. The highest BCUT2D eigenvalue weighted by atomic mass is 35.5. The van der Waals surface area contributed by atoms with Crippen LogP contribution < -0.4 is 25.6 Å². The van der Waals surface area contributed by atoms with E-state index in [4.69, 9.17) is 50.0 Å². The largest absolute Gasteiger partial charge is 0.486 e. The Labute approximate surface area is 157 Å². The van der Waals surface area contributed by atoms with Crippen LogP contribution in [-0.4, -0.2) is 25.3 Å². The van der Waals surface area contributed by atoms with Gasteiger partial charge in [0.15, 0.2) is 11.5 Å². The highest BCUT2D eigenvalue weighted by molar-refractivity contribution is 6.45. The van der Waals surface area contributed by atoms with Gasteiger partial charge >= 0.3 is 5.91 Å². The highest BCUT2D eigenvalue weighted by Gasteiger charge is 2.25. The lowest BCUT2D eigenvalue weighted by Gasteiger charge is -2.18. The number of amides is 1. The van der Waals surface area contributed by atoms with Crippen molar-refractivity contribution >= 4 is 52.6 Å². The molecule has 7 nitrogen and oxygen atoms in total. The van der Waals surface area contributed by atoms with Crippen molar-refractivity contribution in [3.05, 3.63) is 44.7 Å². The molecule has 2 aromatic rings. The van der Waals surface area contributed by atoms with E-state index in [1.54, 1.807) is 18.2 Å². The Bertz CT molecular complexity index is 874. The minimum Gasteiger partial charge on any atom is -0.486 e. The summed E-state index contributed by atoms with van der Waals surface area (Å²) in [6.07, 6.45) is 1.45. The molecule has 0 bridgehead atoms. The van der Waals surface area contributed by atoms with E-state index >= 15 is 0 Å². The van der Waals surface area contributed by atoms with E-state index in [1.807, 2.05) is 0 Å². The molecule has 0 atom stereocenters. The maximum Gasteiger partial charge on any atom is 0.337 e. The molecule has 3 rings (SSSR count). The predicted octanol–water partition coefficient (Wildman–Crippen LogP) is 2.58. The fourth-order valence-electron chi connectivity index (χ4n) is 2.09. The van der Waals surface area contributed by atoms with E-state index in [0.29, 0.717) is 30.3 Å². The SMILES string of the molecule is Nc1c(Cl)c(Cl)[nH+]c(C(=O)N/N=C/c2ccc3c(c2)OCCO3)c1Cl. The maximum absolute atomic E-state index is 12.2. The molecule has 10 heteroatoms. The van der Waals surface area contributed by atoms with E-state index in [1.165, 1.54) is 6.21 Å². The van der Waals surface area contributed by atoms with Crippen molar-refractivity contribution in [2.75, 3.05) is 18.9 Å². The van der Waals surface area contributed by atoms with Gasteiger partial charge in [0.2, 0.25) is 0 Å². The zero-order valence-corrected chi connectivity index (χ0v) is 14.9. The number of aromatic amines is 1. The summed E-state index contributed by atoms with van der Waals surface area (Å²) in [7, 11) is 0. The van der Waals surface area contributed by atoms with Crippen LogP contribution in [0, 0.1) is 0 Å². The molecule has 2 heterocycles. The number of rotatable bonds is 3. The summed E-state index contributed by atoms with van der Waals surface area (Å²) in [5.41, 5.74) is 8.70. The predicted molar refractivity (Wildman–Crippen MR) is 94.9 cm³/mol. The number of ether oxygens (including phenoxy) is 2. The standard InChI is InChI=1S/C15H11Cl3N4O3/c16-10-12(19)11(17)14(18)21-13(10)15(23)22-20-6-7-1-2-8-9(5-7)25-4-3-24-8/h1-2,5-6H,3-4H2,(H2,19,21)(H,22,23)/p+1/b20-6+. The number of pyridine rings is 1. The zero-order valence-electron chi connectivity index (χ0n) is 12.6. The Kier molecular flexibility index (Phi) is 5.17. The van der Waals surface area contributed by atoms with Gasteiger partial charge in [0, 0.05) is 0 Å². The molecule has 1 aliphatic heterocycles. The summed E-state index contributed by atoms with van der Waals surface area (Å²) >= 11 is 17.7. The Hall–Kier alpha value is -2.22. The Morgan fingerprint density at radius 3 is 2.68 bits per heavy atom. The molecule has 0 saturated carbocycles. The molecule has 25 heavy (non-hydrogen) atoms. The van der Waals surface area contributed by atoms with Gasteiger partial charge < -0.3 is 15.2 Å². The molecule has 1 aromatic carbocycles. The Balaban J connectivity index is 1.73. The minimum atomic E-state index is -0.621. The number of hydrazone groups is 1. The average molecular weight is 403 g/mol. The monoisotopic (exact) mass is 401 g/mol. The van der Waals surface area contributed by atoms with Gasteiger partial charge in [-0.3, -0.25) is 4.79 Å². The lowest BCUT2D eigenvalue weighted by Crippen LogP contribution is -2.28. The van der Waals surface area contributed by atoms with Crippen LogP contribution in [-0.2, 0) is 0 Å². The molecular formula is C15H12Cl3N4O3+. The molecule has 0 spiro atoms. The van der Waals surface area contributed by atoms with Gasteiger partial charge in [-0.05, 0) is 35.4 Å². The van der Waals surface area contributed by atoms with E-state index in [9.17, 15) is 4.79 Å². The van der Waals surface area contributed by atoms with Gasteiger partial charge in [0.1, 0.15) is 23.3 Å². The molecular weight excluding hydrogens is 391 g/mol. The lowest BCUT2D eigenvalue weighted by atomic mass is 10.2. The van der Waals surface area contributed by atoms with Gasteiger partial charge in [-0.25, -0.2) is 5.43 Å². The molecule has 0 unspecified atom stereocenters. The number of hydrogen-bond donors (Lipinski definition) is 2. The number of carbonyl (C=O) groups excluding carboxylic acids is 1. The van der Waals surface area contributed by atoms with Crippen LogP contribution in [0.2, 0.25) is 15.2 Å². The van der Waals surface area contributed by atoms with Gasteiger partial charge in [-0.15, -0.1) is 0 Å². The smallest absolute Gasteiger partial charge is 0.337 e. The fraction of sp³-hybridized carbons (Fsp3) is 0.133. The third-order valence-electron chi connectivity index (χ3n) is 3.29. The fourth-order valence-corrected chi connectivity index (χ4v) is 2.70. The van der Waals surface area contributed by atoms with E-state index in [2.05, 4.69) is 15.5 Å². The number of nitrogen functional groups attached to an aromatic ring is 1. The molecule has 0 radical (unpaired) electrons. The normalized spacial score (nSPS) is 13.1. The van der Waals surface area contributed by atoms with Crippen LogP contribution in [0.4, 0.5) is 5.69 Å². The maximum atomic E-state index is 12.2. The zero-order chi connectivity index (χ0) is 18.0. The molecule has 1 aliphatic rings. The second-order valence-corrected chi connectivity index (χ2v) is 6.09. The van der Waals surface area contributed by atoms with Gasteiger partial charge in [0.25, 0.3) is 10.8 Å². The first-order chi connectivity index (χ1) is 12.0. The first-order valence-electron chi connectivity index (χ1n) is 7.05. The van der Waals surface area contributed by atoms with Gasteiger partial charge in [-0.1, -0.05) is 23.2 Å². The number of fused-ring (bicyclic) bond motifs is 1. The molecule has 1 amide bonds. The molecule has 130 valence electrons. The number of benzene rings is 1. The average Bonchev–Trinajstić information content (AvgIpc) is 2.62. The van der Waals surface area contributed by atoms with Crippen molar-refractivity contribution in [1.29, 1.82) is 0 Å². The second kappa shape index (κ2) is 7.35. The number of aromatic nitrogens is 1. The van der Waals surface area contributed by atoms with Crippen LogP contribution in [0.15, 0.2) is 23.3 Å². The van der Waals surface area contributed by atoms with Crippen LogP contribution in [0.1, 0.15) is 16.1 Å². The number of nitrogens with two attached hydrogens (primary N) is 1. The number of nitrogens with one attached hydrogen (secondary N) is 2. The van der Waals surface area contributed by atoms with Crippen molar-refractivity contribution < 1.29 is 19.3 Å². The number of H-pyrrole nitrogens is 1. The van der Waals surface area contributed by atoms with Crippen LogP contribution >= 0.6 is 34.8 Å². The number of halogens is 3. The Morgan fingerprint density at radius 2 is 1.92 bits per heavy atom. The van der Waals surface area contributed by atoms with Crippen LogP contribution in [0.5, 0.6) is 11.5 Å². The quantitative estimate of drug-likeness (QED) is 0.468. The third kappa shape index (κ3) is 3.73. The van der Waals surface area contributed by atoms with E-state index in [-0.39, 0.29) is 26.6 Å². The van der Waals surface area contributed by atoms with E-state index in [0.717, 1.165) is 0 Å². The first kappa shape index (κ1) is 17.6. The number of carbonyl (C=O) groups is 1. The summed E-state index contributed by atoms with van der Waals surface area (Å²) < 4.78 is 10.9. The van der Waals surface area contributed by atoms with Gasteiger partial charge in [0.05, 0.1) is 11.9 Å². The molecule has 4 N–H and O–H groups in total. The minimum absolute atomic E-state index is 0.00420. The second-order valence-electron chi connectivity index (χ2n) is 4.96. The highest BCUT2D eigenvalue weighted by Crippen LogP contribution is 2.32. The number of hydrogen-bond acceptors (Lipinski definition) is 5. The summed E-state index contributed by atoms with van der Waals surface area (Å²) in [5.74, 6) is 0.666. The number of anilines is 1. The summed E-state index contributed by atoms with van der Waals surface area (Å²) in [6, 6.07) is 5.29. The molecule has 1 aromatic heterocycles. The topological polar surface area (TPSA) is 100 Å². The van der Waals surface area contributed by atoms with Gasteiger partial charge in [-0.2, -0.15) is 10.1 Å². The molecule has 0 saturated heterocycles. The molecule has 0 fully saturated rings. The summed E-state index contributed by atoms with van der Waals surface area (Å²) in [4.78, 5) is 14.7. The van der Waals surface area contributed by atoms with E-state index < -0.39 is 5.91 Å². The summed E-state index contributed by atoms with van der Waals surface area (Å²) in [5, 5.41) is 3.88. The van der Waals surface area contributed by atoms with Crippen molar-refractivity contribution in [2.45, 2.75) is 0 Å². The van der Waals surface area contributed by atoms with Crippen molar-refractivity contribution in [2.24, 2.45) is 5.10 Å². The van der Waals surface area contributed by atoms with Crippen molar-refractivity contribution in [3.63, 3.8) is 0 Å². The first-order valence-corrected chi connectivity index (χ1v) is 8.19. The third-order valence-corrected chi connectivity index (χ3v) is 4.46. The van der Waals surface area contributed by atoms with Crippen LogP contribution in [0.25, 0.3) is 0 Å². The van der Waals surface area contributed by atoms with Crippen molar-refractivity contribution in [1.82, 2.24) is 5.43 Å².